The molecule has 0 saturated heterocycles. The number of nitrogens with zero attached hydrogens (tertiary/aromatic N) is 1. The van der Waals surface area contributed by atoms with Gasteiger partial charge in [0, 0.05) is 23.2 Å². The summed E-state index contributed by atoms with van der Waals surface area (Å²) in [5.41, 5.74) is 2.42. The van der Waals surface area contributed by atoms with Gasteiger partial charge in [0.15, 0.2) is 0 Å². The van der Waals surface area contributed by atoms with Crippen molar-refractivity contribution in [1.29, 1.82) is 0 Å². The molecule has 0 spiro atoms. The van der Waals surface area contributed by atoms with Gasteiger partial charge in [0.25, 0.3) is 0 Å². The van der Waals surface area contributed by atoms with Crippen LogP contribution in [-0.2, 0) is 16.1 Å². The van der Waals surface area contributed by atoms with Crippen molar-refractivity contribution in [2.45, 2.75) is 6.61 Å². The zero-order valence-electron chi connectivity index (χ0n) is 12.3. The van der Waals surface area contributed by atoms with E-state index in [9.17, 15) is 9.18 Å². The maximum absolute atomic E-state index is 12.8. The number of rotatable bonds is 4. The van der Waals surface area contributed by atoms with E-state index in [4.69, 9.17) is 4.74 Å². The minimum absolute atomic E-state index is 0.108. The lowest BCUT2D eigenvalue weighted by molar-refractivity contribution is -0.138. The molecule has 114 valence electrons. The Kier molecular flexibility index (Phi) is 4.43. The number of para-hydroxylation sites is 1. The molecule has 0 amide bonds. The van der Waals surface area contributed by atoms with E-state index in [1.807, 2.05) is 30.3 Å². The molecule has 4 heteroatoms. The third-order valence-electron chi connectivity index (χ3n) is 3.36. The lowest BCUT2D eigenvalue weighted by atomic mass is 10.1. The standard InChI is InChI=1S/C19H14FNO2/c20-17-9-6-14(7-10-17)13-23-18(22)11-8-16-4-1-3-15-5-2-12-21-19(15)16/h1-12H,13H2. The van der Waals surface area contributed by atoms with E-state index in [1.54, 1.807) is 24.4 Å². The molecule has 3 aromatic rings. The SMILES string of the molecule is O=C(C=Cc1cccc2cccnc12)OCc1ccc(F)cc1. The van der Waals surface area contributed by atoms with Gasteiger partial charge in [-0.1, -0.05) is 36.4 Å². The Hall–Kier alpha value is -3.01. The number of carbonyl (C=O) groups is 1. The van der Waals surface area contributed by atoms with Crippen LogP contribution in [0.1, 0.15) is 11.1 Å². The molecule has 0 bridgehead atoms. The molecule has 0 aliphatic carbocycles. The average Bonchev–Trinajstić information content (AvgIpc) is 2.59. The van der Waals surface area contributed by atoms with Crippen LogP contribution in [-0.4, -0.2) is 11.0 Å². The molecular weight excluding hydrogens is 293 g/mol. The molecule has 3 nitrogen and oxygen atoms in total. The molecule has 1 heterocycles. The zero-order valence-corrected chi connectivity index (χ0v) is 12.3. The average molecular weight is 307 g/mol. The fourth-order valence-corrected chi connectivity index (χ4v) is 2.20. The molecule has 3 rings (SSSR count). The van der Waals surface area contributed by atoms with Crippen LogP contribution in [0.15, 0.2) is 66.9 Å². The van der Waals surface area contributed by atoms with Crippen LogP contribution in [0.4, 0.5) is 4.39 Å². The van der Waals surface area contributed by atoms with Gasteiger partial charge in [0.1, 0.15) is 12.4 Å². The molecule has 0 unspecified atom stereocenters. The number of aromatic nitrogens is 1. The second-order valence-electron chi connectivity index (χ2n) is 4.99. The van der Waals surface area contributed by atoms with E-state index < -0.39 is 5.97 Å². The fourth-order valence-electron chi connectivity index (χ4n) is 2.20. The number of hydrogen-bond donors (Lipinski definition) is 0. The third-order valence-corrected chi connectivity index (χ3v) is 3.36. The lowest BCUT2D eigenvalue weighted by Gasteiger charge is -2.03. The second-order valence-corrected chi connectivity index (χ2v) is 4.99. The molecule has 0 fully saturated rings. The zero-order chi connectivity index (χ0) is 16.1. The Balaban J connectivity index is 1.67. The minimum atomic E-state index is -0.456. The van der Waals surface area contributed by atoms with Gasteiger partial charge in [-0.15, -0.1) is 0 Å². The van der Waals surface area contributed by atoms with Crippen molar-refractivity contribution in [2.75, 3.05) is 0 Å². The molecular formula is C19H14FNO2. The fraction of sp³-hybridized carbons (Fsp3) is 0.0526. The Morgan fingerprint density at radius 2 is 1.87 bits per heavy atom. The Morgan fingerprint density at radius 3 is 2.70 bits per heavy atom. The molecule has 0 atom stereocenters. The quantitative estimate of drug-likeness (QED) is 0.537. The highest BCUT2D eigenvalue weighted by molar-refractivity contribution is 5.92. The number of benzene rings is 2. The van der Waals surface area contributed by atoms with Crippen LogP contribution in [0.2, 0.25) is 0 Å². The first kappa shape index (κ1) is 14.9. The second kappa shape index (κ2) is 6.83. The molecule has 2 aromatic carbocycles. The lowest BCUT2D eigenvalue weighted by Crippen LogP contribution is -2.00. The van der Waals surface area contributed by atoms with E-state index in [0.29, 0.717) is 0 Å². The van der Waals surface area contributed by atoms with Crippen LogP contribution in [0.5, 0.6) is 0 Å². The topological polar surface area (TPSA) is 39.2 Å². The van der Waals surface area contributed by atoms with Gasteiger partial charge < -0.3 is 4.74 Å². The number of fused-ring (bicyclic) bond motifs is 1. The first-order chi connectivity index (χ1) is 11.2. The minimum Gasteiger partial charge on any atom is -0.458 e. The number of carbonyl (C=O) groups excluding carboxylic acids is 1. The summed E-state index contributed by atoms with van der Waals surface area (Å²) < 4.78 is 17.9. The van der Waals surface area contributed by atoms with Crippen LogP contribution in [0.3, 0.4) is 0 Å². The van der Waals surface area contributed by atoms with Crippen LogP contribution >= 0.6 is 0 Å². The van der Waals surface area contributed by atoms with Crippen molar-refractivity contribution < 1.29 is 13.9 Å². The van der Waals surface area contributed by atoms with E-state index in [2.05, 4.69) is 4.98 Å². The van der Waals surface area contributed by atoms with Crippen molar-refractivity contribution in [3.05, 3.63) is 83.8 Å². The molecule has 23 heavy (non-hydrogen) atoms. The molecule has 0 saturated carbocycles. The maximum Gasteiger partial charge on any atom is 0.331 e. The van der Waals surface area contributed by atoms with E-state index in [0.717, 1.165) is 22.0 Å². The van der Waals surface area contributed by atoms with Gasteiger partial charge in [0.05, 0.1) is 5.52 Å². The summed E-state index contributed by atoms with van der Waals surface area (Å²) in [6.45, 7) is 0.108. The van der Waals surface area contributed by atoms with Crippen molar-refractivity contribution >= 4 is 22.9 Å². The van der Waals surface area contributed by atoms with Gasteiger partial charge in [-0.05, 0) is 29.8 Å². The van der Waals surface area contributed by atoms with Crippen LogP contribution in [0, 0.1) is 5.82 Å². The first-order valence-corrected chi connectivity index (χ1v) is 7.15. The Bertz CT molecular complexity index is 851. The van der Waals surface area contributed by atoms with Gasteiger partial charge in [-0.2, -0.15) is 0 Å². The monoisotopic (exact) mass is 307 g/mol. The summed E-state index contributed by atoms with van der Waals surface area (Å²) >= 11 is 0. The molecule has 0 N–H and O–H groups in total. The number of esters is 1. The molecule has 0 radical (unpaired) electrons. The number of hydrogen-bond acceptors (Lipinski definition) is 3. The van der Waals surface area contributed by atoms with E-state index in [1.165, 1.54) is 18.2 Å². The third kappa shape index (κ3) is 3.80. The highest BCUT2D eigenvalue weighted by Crippen LogP contribution is 2.17. The molecule has 0 aliphatic rings. The number of pyridine rings is 1. The summed E-state index contributed by atoms with van der Waals surface area (Å²) in [4.78, 5) is 16.1. The predicted molar refractivity (Wildman–Crippen MR) is 87.0 cm³/mol. The Labute approximate surface area is 133 Å². The van der Waals surface area contributed by atoms with Gasteiger partial charge >= 0.3 is 5.97 Å². The van der Waals surface area contributed by atoms with E-state index in [-0.39, 0.29) is 12.4 Å². The predicted octanol–water partition coefficient (Wildman–Crippen LogP) is 4.13. The number of halogens is 1. The van der Waals surface area contributed by atoms with Crippen molar-refractivity contribution in [2.24, 2.45) is 0 Å². The van der Waals surface area contributed by atoms with E-state index >= 15 is 0 Å². The maximum atomic E-state index is 12.8. The normalized spacial score (nSPS) is 11.0. The van der Waals surface area contributed by atoms with Crippen molar-refractivity contribution in [3.8, 4) is 0 Å². The highest BCUT2D eigenvalue weighted by Gasteiger charge is 2.02. The van der Waals surface area contributed by atoms with Crippen molar-refractivity contribution in [1.82, 2.24) is 4.98 Å². The van der Waals surface area contributed by atoms with Crippen LogP contribution in [0.25, 0.3) is 17.0 Å². The highest BCUT2D eigenvalue weighted by atomic mass is 19.1. The first-order valence-electron chi connectivity index (χ1n) is 7.15. The summed E-state index contributed by atoms with van der Waals surface area (Å²) in [5.74, 6) is -0.773. The smallest absolute Gasteiger partial charge is 0.331 e. The molecule has 1 aromatic heterocycles. The van der Waals surface area contributed by atoms with Gasteiger partial charge in [0.2, 0.25) is 0 Å². The van der Waals surface area contributed by atoms with Crippen molar-refractivity contribution in [3.63, 3.8) is 0 Å². The summed E-state index contributed by atoms with van der Waals surface area (Å²) in [7, 11) is 0. The number of ether oxygens (including phenoxy) is 1. The van der Waals surface area contributed by atoms with Gasteiger partial charge in [-0.25, -0.2) is 9.18 Å². The summed E-state index contributed by atoms with van der Waals surface area (Å²) in [6.07, 6.45) is 4.77. The van der Waals surface area contributed by atoms with Gasteiger partial charge in [-0.3, -0.25) is 4.98 Å². The summed E-state index contributed by atoms with van der Waals surface area (Å²) in [6, 6.07) is 15.4. The van der Waals surface area contributed by atoms with Crippen LogP contribution < -0.4 is 0 Å². The molecule has 0 aliphatic heterocycles. The Morgan fingerprint density at radius 1 is 1.09 bits per heavy atom. The largest absolute Gasteiger partial charge is 0.458 e. The summed E-state index contributed by atoms with van der Waals surface area (Å²) in [5, 5.41) is 1.01.